The van der Waals surface area contributed by atoms with Crippen LogP contribution in [0.3, 0.4) is 0 Å². The molecule has 0 aromatic heterocycles. The summed E-state index contributed by atoms with van der Waals surface area (Å²) in [5, 5.41) is 11.6. The van der Waals surface area contributed by atoms with Crippen LogP contribution < -0.4 is 9.80 Å². The number of para-hydroxylation sites is 1. The first-order valence-corrected chi connectivity index (χ1v) is 16.3. The predicted octanol–water partition coefficient (Wildman–Crippen LogP) is 6.59. The molecule has 2 heterocycles. The lowest BCUT2D eigenvalue weighted by atomic mass is 9.56. The van der Waals surface area contributed by atoms with E-state index in [0.29, 0.717) is 23.2 Å². The van der Waals surface area contributed by atoms with Crippen molar-refractivity contribution in [3.05, 3.63) is 114 Å². The number of hydrogen-bond acceptors (Lipinski definition) is 5. The second-order valence-corrected chi connectivity index (χ2v) is 13.9. The summed E-state index contributed by atoms with van der Waals surface area (Å²) in [6.07, 6.45) is 4.54. The van der Waals surface area contributed by atoms with Crippen molar-refractivity contribution in [2.24, 2.45) is 17.8 Å². The highest BCUT2D eigenvalue weighted by Crippen LogP contribution is 2.66. The minimum atomic E-state index is -2.14. The number of nitrogens with zero attached hydrogens (tertiary/aromatic N) is 2. The lowest BCUT2D eigenvalue weighted by Crippen LogP contribution is -2.60. The van der Waals surface area contributed by atoms with Gasteiger partial charge in [-0.3, -0.25) is 24.1 Å². The number of allylic oxidation sites excluding steroid dienone is 3. The Labute approximate surface area is 281 Å². The van der Waals surface area contributed by atoms with Crippen molar-refractivity contribution in [2.45, 2.75) is 48.3 Å². The molecular weight excluding hydrogens is 642 g/mol. The van der Waals surface area contributed by atoms with Crippen LogP contribution in [0, 0.1) is 23.6 Å². The number of alkyl halides is 2. The third kappa shape index (κ3) is 4.30. The molecule has 3 fully saturated rings. The minimum Gasteiger partial charge on any atom is -0.507 e. The van der Waals surface area contributed by atoms with Crippen LogP contribution in [0.2, 0.25) is 0 Å². The van der Waals surface area contributed by atoms with Crippen LogP contribution in [0.5, 0.6) is 5.75 Å². The molecule has 7 rings (SSSR count). The van der Waals surface area contributed by atoms with Crippen LogP contribution in [0.25, 0.3) is 0 Å². The molecule has 7 nitrogen and oxygen atoms in total. The zero-order chi connectivity index (χ0) is 33.4. The van der Waals surface area contributed by atoms with Gasteiger partial charge < -0.3 is 5.11 Å². The van der Waals surface area contributed by atoms with Crippen LogP contribution in [0.4, 0.5) is 15.8 Å². The standard InChI is InChI=1S/C37H31Cl2FN2O5/c1-3-6-21-7-5-8-27(31(21)43)30-25-17-18-26-29(33(45)41(32(26)44)23-13-9-20(4-2)10-14-23)28(25)19-36(38)34(46)42(35(47)37(30,36)39)24-15-11-22(40)12-16-24/h3,5,7-17,26,28-30,43H,1,4,6,18-19H2,2H3. The maximum absolute atomic E-state index is 14.5. The number of aryl methyl sites for hydroxylation is 1. The molecule has 0 radical (unpaired) electrons. The number of benzene rings is 3. The molecule has 10 heteroatoms. The van der Waals surface area contributed by atoms with E-state index in [9.17, 15) is 28.7 Å². The smallest absolute Gasteiger partial charge is 0.258 e. The first-order valence-electron chi connectivity index (χ1n) is 15.6. The molecule has 2 aliphatic heterocycles. The van der Waals surface area contributed by atoms with Crippen LogP contribution in [0.1, 0.15) is 42.4 Å². The Morgan fingerprint density at radius 1 is 0.915 bits per heavy atom. The topological polar surface area (TPSA) is 95.0 Å². The quantitative estimate of drug-likeness (QED) is 0.181. The van der Waals surface area contributed by atoms with Gasteiger partial charge in [0, 0.05) is 11.5 Å². The predicted molar refractivity (Wildman–Crippen MR) is 177 cm³/mol. The highest BCUT2D eigenvalue weighted by molar-refractivity contribution is 6.58. The number of rotatable bonds is 6. The molecule has 1 saturated carbocycles. The first kappa shape index (κ1) is 31.3. The van der Waals surface area contributed by atoms with Crippen molar-refractivity contribution in [3.8, 4) is 5.75 Å². The largest absolute Gasteiger partial charge is 0.507 e. The Balaban J connectivity index is 1.40. The number of amides is 4. The molecule has 1 N–H and O–H groups in total. The highest BCUT2D eigenvalue weighted by atomic mass is 35.5. The molecular formula is C37H31Cl2FN2O5. The van der Waals surface area contributed by atoms with Gasteiger partial charge in [0.2, 0.25) is 11.8 Å². The van der Waals surface area contributed by atoms with Gasteiger partial charge >= 0.3 is 0 Å². The van der Waals surface area contributed by atoms with Crippen LogP contribution in [-0.2, 0) is 32.0 Å². The van der Waals surface area contributed by atoms with Crippen molar-refractivity contribution < 1.29 is 28.7 Å². The van der Waals surface area contributed by atoms with E-state index in [0.717, 1.165) is 29.0 Å². The van der Waals surface area contributed by atoms with E-state index in [1.54, 1.807) is 36.4 Å². The Kier molecular flexibility index (Phi) is 7.45. The number of halogens is 3. The van der Waals surface area contributed by atoms with E-state index in [1.807, 2.05) is 25.1 Å². The maximum Gasteiger partial charge on any atom is 0.258 e. The Morgan fingerprint density at radius 2 is 1.57 bits per heavy atom. The number of aromatic hydroxyl groups is 1. The van der Waals surface area contributed by atoms with Crippen molar-refractivity contribution >= 4 is 58.2 Å². The number of anilines is 2. The molecule has 6 atom stereocenters. The summed E-state index contributed by atoms with van der Waals surface area (Å²) in [5.74, 6) is -6.60. The van der Waals surface area contributed by atoms with Gasteiger partial charge in [0.05, 0.1) is 23.2 Å². The summed E-state index contributed by atoms with van der Waals surface area (Å²) in [6.45, 7) is 5.78. The van der Waals surface area contributed by atoms with E-state index in [-0.39, 0.29) is 35.7 Å². The number of imide groups is 2. The van der Waals surface area contributed by atoms with Gasteiger partial charge in [-0.05, 0) is 79.1 Å². The third-order valence-corrected chi connectivity index (χ3v) is 11.7. The summed E-state index contributed by atoms with van der Waals surface area (Å²) in [4.78, 5) is 54.9. The Hall–Kier alpha value is -4.27. The molecule has 4 aliphatic rings. The first-order chi connectivity index (χ1) is 22.5. The molecule has 240 valence electrons. The zero-order valence-corrected chi connectivity index (χ0v) is 27.0. The molecule has 0 spiro atoms. The lowest BCUT2D eigenvalue weighted by Gasteiger charge is -2.50. The summed E-state index contributed by atoms with van der Waals surface area (Å²) >= 11 is 14.8. The number of phenols is 1. The van der Waals surface area contributed by atoms with Crippen LogP contribution in [-0.4, -0.2) is 38.5 Å². The Morgan fingerprint density at radius 3 is 2.23 bits per heavy atom. The van der Waals surface area contributed by atoms with Crippen LogP contribution in [0.15, 0.2) is 91.0 Å². The molecule has 2 saturated heterocycles. The van der Waals surface area contributed by atoms with Crippen molar-refractivity contribution in [2.75, 3.05) is 9.80 Å². The number of hydrogen-bond donors (Lipinski definition) is 1. The fraction of sp³-hybridized carbons (Fsp3) is 0.297. The summed E-state index contributed by atoms with van der Waals surface area (Å²) < 4.78 is 13.9. The monoisotopic (exact) mass is 672 g/mol. The second-order valence-electron chi connectivity index (χ2n) is 12.6. The average molecular weight is 674 g/mol. The summed E-state index contributed by atoms with van der Waals surface area (Å²) in [5.41, 5.74) is 2.95. The number of fused-ring (bicyclic) bond motifs is 4. The van der Waals surface area contributed by atoms with Crippen molar-refractivity contribution in [1.82, 2.24) is 0 Å². The normalized spacial score (nSPS) is 29.8. The molecule has 3 aromatic carbocycles. The average Bonchev–Trinajstić information content (AvgIpc) is 3.40. The molecule has 3 aromatic rings. The van der Waals surface area contributed by atoms with Gasteiger partial charge in [-0.2, -0.15) is 0 Å². The fourth-order valence-electron chi connectivity index (χ4n) is 8.04. The minimum absolute atomic E-state index is 0.0860. The second kappa shape index (κ2) is 11.2. The lowest BCUT2D eigenvalue weighted by molar-refractivity contribution is -0.125. The highest BCUT2D eigenvalue weighted by Gasteiger charge is 2.77. The van der Waals surface area contributed by atoms with E-state index < -0.39 is 57.0 Å². The molecule has 2 aliphatic carbocycles. The summed E-state index contributed by atoms with van der Waals surface area (Å²) in [6, 6.07) is 17.1. The number of carbonyl (C=O) groups is 4. The van der Waals surface area contributed by atoms with Gasteiger partial charge in [-0.1, -0.05) is 55.0 Å². The third-order valence-electron chi connectivity index (χ3n) is 10.3. The van der Waals surface area contributed by atoms with E-state index >= 15 is 0 Å². The Bertz CT molecular complexity index is 1890. The number of phenolic OH excluding ortho intramolecular Hbond substituents is 1. The van der Waals surface area contributed by atoms with Crippen molar-refractivity contribution in [1.29, 1.82) is 0 Å². The molecule has 4 amide bonds. The van der Waals surface area contributed by atoms with Gasteiger partial charge in [0.15, 0.2) is 9.75 Å². The van der Waals surface area contributed by atoms with Crippen molar-refractivity contribution in [3.63, 3.8) is 0 Å². The maximum atomic E-state index is 14.5. The van der Waals surface area contributed by atoms with Gasteiger partial charge in [-0.15, -0.1) is 29.8 Å². The zero-order valence-electron chi connectivity index (χ0n) is 25.5. The van der Waals surface area contributed by atoms with E-state index in [1.165, 1.54) is 17.0 Å². The van der Waals surface area contributed by atoms with Gasteiger partial charge in [0.1, 0.15) is 11.6 Å². The van der Waals surface area contributed by atoms with Crippen LogP contribution >= 0.6 is 23.2 Å². The molecule has 6 unspecified atom stereocenters. The molecule has 0 bridgehead atoms. The van der Waals surface area contributed by atoms with E-state index in [4.69, 9.17) is 23.2 Å². The van der Waals surface area contributed by atoms with Gasteiger partial charge in [0.25, 0.3) is 11.8 Å². The fourth-order valence-corrected chi connectivity index (χ4v) is 8.97. The van der Waals surface area contributed by atoms with E-state index in [2.05, 4.69) is 6.58 Å². The molecule has 47 heavy (non-hydrogen) atoms. The van der Waals surface area contributed by atoms with Gasteiger partial charge in [-0.25, -0.2) is 9.29 Å². The SMILES string of the molecule is C=CCc1cccc(C2C3=CCC4C(=O)N(c5ccc(CC)cc5)C(=O)C4C3CC3(Cl)C(=O)N(c4ccc(F)cc4)C(=O)C23Cl)c1O. The summed E-state index contributed by atoms with van der Waals surface area (Å²) in [7, 11) is 0. The number of carbonyl (C=O) groups excluding carboxylic acids is 4.